The fourth-order valence-electron chi connectivity index (χ4n) is 1.34. The van der Waals surface area contributed by atoms with Gasteiger partial charge < -0.3 is 9.84 Å². The average molecular weight is 204 g/mol. The van der Waals surface area contributed by atoms with E-state index in [-0.39, 0.29) is 6.61 Å². The molecule has 0 aliphatic rings. The van der Waals surface area contributed by atoms with Crippen LogP contribution in [0.15, 0.2) is 36.7 Å². The van der Waals surface area contributed by atoms with Crippen LogP contribution >= 0.6 is 0 Å². The van der Waals surface area contributed by atoms with Gasteiger partial charge in [0.15, 0.2) is 0 Å². The third-order valence-electron chi connectivity index (χ3n) is 2.03. The lowest BCUT2D eigenvalue weighted by atomic mass is 10.1. The van der Waals surface area contributed by atoms with Crippen molar-refractivity contribution in [2.24, 2.45) is 0 Å². The van der Waals surface area contributed by atoms with E-state index in [1.807, 2.05) is 30.5 Å². The molecule has 2 N–H and O–H groups in total. The quantitative estimate of drug-likeness (QED) is 0.792. The summed E-state index contributed by atoms with van der Waals surface area (Å²) < 4.78 is 5.31. The van der Waals surface area contributed by atoms with E-state index in [0.717, 1.165) is 16.9 Å². The molecule has 0 saturated heterocycles. The highest BCUT2D eigenvalue weighted by Gasteiger charge is 2.00. The predicted molar refractivity (Wildman–Crippen MR) is 56.6 cm³/mol. The van der Waals surface area contributed by atoms with Gasteiger partial charge in [0.1, 0.15) is 12.4 Å². The monoisotopic (exact) mass is 204 g/mol. The number of rotatable bonds is 4. The Morgan fingerprint density at radius 3 is 3.00 bits per heavy atom. The third-order valence-corrected chi connectivity index (χ3v) is 2.03. The van der Waals surface area contributed by atoms with Gasteiger partial charge in [-0.05, 0) is 17.7 Å². The lowest BCUT2D eigenvalue weighted by Gasteiger charge is -2.05. The van der Waals surface area contributed by atoms with Crippen LogP contribution in [0.1, 0.15) is 0 Å². The van der Waals surface area contributed by atoms with Crippen molar-refractivity contribution in [3.63, 3.8) is 0 Å². The summed E-state index contributed by atoms with van der Waals surface area (Å²) in [7, 11) is 0. The molecule has 0 aliphatic heterocycles. The highest BCUT2D eigenvalue weighted by molar-refractivity contribution is 5.63. The summed E-state index contributed by atoms with van der Waals surface area (Å²) in [4.78, 5) is 0. The molecule has 0 atom stereocenters. The van der Waals surface area contributed by atoms with Gasteiger partial charge in [-0.25, -0.2) is 0 Å². The number of nitrogens with zero attached hydrogens (tertiary/aromatic N) is 1. The maximum atomic E-state index is 8.64. The van der Waals surface area contributed by atoms with Gasteiger partial charge in [0.25, 0.3) is 0 Å². The Bertz CT molecular complexity index is 412. The Labute approximate surface area is 87.5 Å². The van der Waals surface area contributed by atoms with Crippen molar-refractivity contribution in [1.29, 1.82) is 0 Å². The van der Waals surface area contributed by atoms with Gasteiger partial charge in [-0.1, -0.05) is 12.1 Å². The number of aliphatic hydroxyl groups excluding tert-OH is 1. The number of ether oxygens (including phenoxy) is 1. The predicted octanol–water partition coefficient (Wildman–Crippen LogP) is 1.45. The van der Waals surface area contributed by atoms with Gasteiger partial charge in [-0.3, -0.25) is 5.10 Å². The van der Waals surface area contributed by atoms with Crippen molar-refractivity contribution >= 4 is 0 Å². The summed E-state index contributed by atoms with van der Waals surface area (Å²) in [5.41, 5.74) is 2.06. The number of hydrogen-bond acceptors (Lipinski definition) is 3. The molecular weight excluding hydrogens is 192 g/mol. The first-order chi connectivity index (χ1) is 7.40. The van der Waals surface area contributed by atoms with Gasteiger partial charge in [0.05, 0.1) is 12.8 Å². The Hall–Kier alpha value is -1.81. The molecule has 4 heteroatoms. The molecule has 0 spiro atoms. The standard InChI is InChI=1S/C11H12N2O2/c14-4-5-15-11-3-1-2-9(6-11)10-7-12-13-8-10/h1-3,6-8,14H,4-5H2,(H,12,13). The molecule has 15 heavy (non-hydrogen) atoms. The fraction of sp³-hybridized carbons (Fsp3) is 0.182. The second-order valence-electron chi connectivity index (χ2n) is 3.09. The van der Waals surface area contributed by atoms with Crippen LogP contribution in [0.25, 0.3) is 11.1 Å². The minimum absolute atomic E-state index is 0.0237. The number of aromatic amines is 1. The molecule has 78 valence electrons. The SMILES string of the molecule is OCCOc1cccc(-c2cn[nH]c2)c1. The molecule has 2 aromatic rings. The van der Waals surface area contributed by atoms with Gasteiger partial charge in [-0.2, -0.15) is 5.10 Å². The van der Waals surface area contributed by atoms with Crippen molar-refractivity contribution < 1.29 is 9.84 Å². The summed E-state index contributed by atoms with van der Waals surface area (Å²) in [6, 6.07) is 7.67. The van der Waals surface area contributed by atoms with Gasteiger partial charge in [0.2, 0.25) is 0 Å². The summed E-state index contributed by atoms with van der Waals surface area (Å²) in [5.74, 6) is 0.753. The number of hydrogen-bond donors (Lipinski definition) is 2. The Balaban J connectivity index is 2.19. The second-order valence-corrected chi connectivity index (χ2v) is 3.09. The van der Waals surface area contributed by atoms with Crippen LogP contribution < -0.4 is 4.74 Å². The molecule has 0 amide bonds. The van der Waals surface area contributed by atoms with Crippen LogP contribution in [-0.2, 0) is 0 Å². The van der Waals surface area contributed by atoms with E-state index in [2.05, 4.69) is 10.2 Å². The number of benzene rings is 1. The van der Waals surface area contributed by atoms with Gasteiger partial charge >= 0.3 is 0 Å². The molecule has 1 aromatic heterocycles. The van der Waals surface area contributed by atoms with Crippen LogP contribution in [0.2, 0.25) is 0 Å². The van der Waals surface area contributed by atoms with E-state index >= 15 is 0 Å². The normalized spacial score (nSPS) is 10.2. The number of aliphatic hydroxyl groups is 1. The smallest absolute Gasteiger partial charge is 0.120 e. The molecule has 1 aromatic carbocycles. The summed E-state index contributed by atoms with van der Waals surface area (Å²) in [6.07, 6.45) is 3.58. The molecule has 0 bridgehead atoms. The van der Waals surface area contributed by atoms with E-state index in [4.69, 9.17) is 9.84 Å². The van der Waals surface area contributed by atoms with Crippen LogP contribution in [-0.4, -0.2) is 28.5 Å². The lowest BCUT2D eigenvalue weighted by Crippen LogP contribution is -2.01. The Kier molecular flexibility index (Phi) is 2.99. The number of H-pyrrole nitrogens is 1. The van der Waals surface area contributed by atoms with Crippen LogP contribution in [0.3, 0.4) is 0 Å². The van der Waals surface area contributed by atoms with Gasteiger partial charge in [-0.15, -0.1) is 0 Å². The Morgan fingerprint density at radius 2 is 2.27 bits per heavy atom. The zero-order chi connectivity index (χ0) is 10.5. The topological polar surface area (TPSA) is 58.1 Å². The summed E-state index contributed by atoms with van der Waals surface area (Å²) in [6.45, 7) is 0.338. The zero-order valence-corrected chi connectivity index (χ0v) is 8.18. The minimum Gasteiger partial charge on any atom is -0.491 e. The van der Waals surface area contributed by atoms with Crippen molar-refractivity contribution in [3.05, 3.63) is 36.7 Å². The van der Waals surface area contributed by atoms with E-state index in [0.29, 0.717) is 6.61 Å². The van der Waals surface area contributed by atoms with Crippen molar-refractivity contribution in [2.75, 3.05) is 13.2 Å². The molecule has 4 nitrogen and oxygen atoms in total. The zero-order valence-electron chi connectivity index (χ0n) is 8.18. The first-order valence-electron chi connectivity index (χ1n) is 4.73. The molecule has 0 radical (unpaired) electrons. The number of nitrogens with one attached hydrogen (secondary N) is 1. The van der Waals surface area contributed by atoms with Crippen LogP contribution in [0, 0.1) is 0 Å². The Morgan fingerprint density at radius 1 is 1.33 bits per heavy atom. The average Bonchev–Trinajstić information content (AvgIpc) is 2.80. The van der Waals surface area contributed by atoms with E-state index in [9.17, 15) is 0 Å². The van der Waals surface area contributed by atoms with Crippen molar-refractivity contribution in [2.45, 2.75) is 0 Å². The largest absolute Gasteiger partial charge is 0.491 e. The summed E-state index contributed by atoms with van der Waals surface area (Å²) in [5, 5.41) is 15.3. The highest BCUT2D eigenvalue weighted by Crippen LogP contribution is 2.22. The van der Waals surface area contributed by atoms with E-state index in [1.54, 1.807) is 6.20 Å². The lowest BCUT2D eigenvalue weighted by molar-refractivity contribution is 0.201. The highest BCUT2D eigenvalue weighted by atomic mass is 16.5. The van der Waals surface area contributed by atoms with E-state index < -0.39 is 0 Å². The first-order valence-corrected chi connectivity index (χ1v) is 4.73. The number of aromatic nitrogens is 2. The minimum atomic E-state index is 0.0237. The molecule has 1 heterocycles. The first kappa shape index (κ1) is 9.73. The maximum Gasteiger partial charge on any atom is 0.120 e. The second kappa shape index (κ2) is 4.61. The molecule has 0 saturated carbocycles. The van der Waals surface area contributed by atoms with Crippen molar-refractivity contribution in [3.8, 4) is 16.9 Å². The van der Waals surface area contributed by atoms with Crippen molar-refractivity contribution in [1.82, 2.24) is 10.2 Å². The third kappa shape index (κ3) is 2.35. The van der Waals surface area contributed by atoms with Crippen LogP contribution in [0.5, 0.6) is 5.75 Å². The van der Waals surface area contributed by atoms with Gasteiger partial charge in [0, 0.05) is 11.8 Å². The molecule has 0 fully saturated rings. The molecule has 0 unspecified atom stereocenters. The summed E-state index contributed by atoms with van der Waals surface area (Å²) >= 11 is 0. The molecule has 2 rings (SSSR count). The van der Waals surface area contributed by atoms with Crippen LogP contribution in [0.4, 0.5) is 0 Å². The van der Waals surface area contributed by atoms with E-state index in [1.165, 1.54) is 0 Å². The molecular formula is C11H12N2O2. The fourth-order valence-corrected chi connectivity index (χ4v) is 1.34. The maximum absolute atomic E-state index is 8.64. The molecule has 0 aliphatic carbocycles.